The van der Waals surface area contributed by atoms with E-state index in [4.69, 9.17) is 0 Å². The van der Waals surface area contributed by atoms with Crippen molar-refractivity contribution < 1.29 is 4.92 Å². The monoisotopic (exact) mass is 327 g/mol. The summed E-state index contributed by atoms with van der Waals surface area (Å²) in [6, 6.07) is 10.1. The Bertz CT molecular complexity index is 733. The molecule has 0 atom stereocenters. The van der Waals surface area contributed by atoms with Gasteiger partial charge in [0.2, 0.25) is 12.1 Å². The fourth-order valence-electron chi connectivity index (χ4n) is 2.94. The van der Waals surface area contributed by atoms with Gasteiger partial charge in [-0.1, -0.05) is 30.3 Å². The SMILES string of the molecule is Cn1cnc([N+](=O)[O-])c1/N=C(\Cc1ccccc1)N1CCCCC1. The van der Waals surface area contributed by atoms with Gasteiger partial charge in [0.05, 0.1) is 0 Å². The van der Waals surface area contributed by atoms with Gasteiger partial charge in [0.25, 0.3) is 0 Å². The van der Waals surface area contributed by atoms with Gasteiger partial charge in [0.15, 0.2) is 0 Å². The number of nitrogens with zero attached hydrogens (tertiary/aromatic N) is 5. The minimum Gasteiger partial charge on any atom is -0.360 e. The predicted molar refractivity (Wildman–Crippen MR) is 92.5 cm³/mol. The second-order valence-corrected chi connectivity index (χ2v) is 6.00. The molecular formula is C17H21N5O2. The highest BCUT2D eigenvalue weighted by Gasteiger charge is 2.22. The molecule has 0 unspecified atom stereocenters. The second kappa shape index (κ2) is 7.25. The van der Waals surface area contributed by atoms with E-state index < -0.39 is 4.92 Å². The van der Waals surface area contributed by atoms with Crippen LogP contribution in [0.2, 0.25) is 0 Å². The number of benzene rings is 1. The molecule has 0 N–H and O–H groups in total. The van der Waals surface area contributed by atoms with E-state index in [-0.39, 0.29) is 5.82 Å². The fourth-order valence-corrected chi connectivity index (χ4v) is 2.94. The van der Waals surface area contributed by atoms with Crippen molar-refractivity contribution in [3.63, 3.8) is 0 Å². The molecule has 1 fully saturated rings. The van der Waals surface area contributed by atoms with Gasteiger partial charge in [-0.15, -0.1) is 0 Å². The van der Waals surface area contributed by atoms with Crippen molar-refractivity contribution >= 4 is 17.5 Å². The summed E-state index contributed by atoms with van der Waals surface area (Å²) in [6.45, 7) is 1.88. The van der Waals surface area contributed by atoms with E-state index in [1.807, 2.05) is 18.2 Å². The quantitative estimate of drug-likeness (QED) is 0.374. The maximum absolute atomic E-state index is 11.2. The van der Waals surface area contributed by atoms with Crippen LogP contribution >= 0.6 is 0 Å². The third kappa shape index (κ3) is 3.61. The summed E-state index contributed by atoms with van der Waals surface area (Å²) in [5.74, 6) is 0.976. The number of nitro groups is 1. The van der Waals surface area contributed by atoms with Gasteiger partial charge in [-0.2, -0.15) is 0 Å². The Balaban J connectivity index is 1.97. The zero-order chi connectivity index (χ0) is 16.9. The van der Waals surface area contributed by atoms with Gasteiger partial charge in [0.1, 0.15) is 5.84 Å². The van der Waals surface area contributed by atoms with Crippen LogP contribution in [0.5, 0.6) is 0 Å². The van der Waals surface area contributed by atoms with E-state index in [9.17, 15) is 10.1 Å². The largest absolute Gasteiger partial charge is 0.408 e. The molecule has 0 saturated carbocycles. The Kier molecular flexibility index (Phi) is 4.88. The molecule has 1 aromatic carbocycles. The third-order valence-corrected chi connectivity index (χ3v) is 4.22. The topological polar surface area (TPSA) is 76.6 Å². The first-order valence-corrected chi connectivity index (χ1v) is 8.17. The molecule has 1 aliphatic rings. The van der Waals surface area contributed by atoms with E-state index in [1.165, 1.54) is 12.7 Å². The summed E-state index contributed by atoms with van der Waals surface area (Å²) in [5, 5.41) is 11.2. The summed E-state index contributed by atoms with van der Waals surface area (Å²) < 4.78 is 1.60. The third-order valence-electron chi connectivity index (χ3n) is 4.22. The van der Waals surface area contributed by atoms with Crippen molar-refractivity contribution in [1.29, 1.82) is 0 Å². The van der Waals surface area contributed by atoms with Crippen molar-refractivity contribution in [1.82, 2.24) is 14.5 Å². The lowest BCUT2D eigenvalue weighted by Crippen LogP contribution is -2.36. The number of rotatable bonds is 4. The van der Waals surface area contributed by atoms with Crippen LogP contribution in [0.1, 0.15) is 24.8 Å². The number of hydrogen-bond donors (Lipinski definition) is 0. The zero-order valence-electron chi connectivity index (χ0n) is 13.8. The summed E-state index contributed by atoms with van der Waals surface area (Å²) in [7, 11) is 1.73. The number of aliphatic imine (C=N–C) groups is 1. The molecule has 1 saturated heterocycles. The number of amidine groups is 1. The molecule has 24 heavy (non-hydrogen) atoms. The Morgan fingerprint density at radius 2 is 1.96 bits per heavy atom. The standard InChI is InChI=1S/C17H21N5O2/c1-20-13-18-16(22(23)24)17(20)19-15(21-10-6-3-7-11-21)12-14-8-4-2-5-9-14/h2,4-5,8-9,13H,3,6-7,10-12H2,1H3/b19-15+. The predicted octanol–water partition coefficient (Wildman–Crippen LogP) is 3.09. The van der Waals surface area contributed by atoms with Crippen molar-refractivity contribution in [2.24, 2.45) is 12.0 Å². The normalized spacial score (nSPS) is 15.5. The number of aromatic nitrogens is 2. The lowest BCUT2D eigenvalue weighted by Gasteiger charge is -2.30. The average molecular weight is 327 g/mol. The van der Waals surface area contributed by atoms with E-state index in [1.54, 1.807) is 11.6 Å². The van der Waals surface area contributed by atoms with Crippen LogP contribution in [0, 0.1) is 10.1 Å². The lowest BCUT2D eigenvalue weighted by atomic mass is 10.1. The van der Waals surface area contributed by atoms with Crippen LogP contribution in [0.15, 0.2) is 41.7 Å². The molecule has 0 aliphatic carbocycles. The van der Waals surface area contributed by atoms with Crippen molar-refractivity contribution in [3.05, 3.63) is 52.3 Å². The van der Waals surface area contributed by atoms with Gasteiger partial charge < -0.3 is 15.0 Å². The summed E-state index contributed by atoms with van der Waals surface area (Å²) in [4.78, 5) is 21.5. The number of imidazole rings is 1. The molecule has 1 aliphatic heterocycles. The van der Waals surface area contributed by atoms with Crippen molar-refractivity contribution in [3.8, 4) is 0 Å². The van der Waals surface area contributed by atoms with Crippen LogP contribution in [0.4, 0.5) is 11.6 Å². The Hall–Kier alpha value is -2.70. The molecule has 0 spiro atoms. The van der Waals surface area contributed by atoms with Gasteiger partial charge in [-0.05, 0) is 34.7 Å². The number of hydrogen-bond acceptors (Lipinski definition) is 4. The lowest BCUT2D eigenvalue weighted by molar-refractivity contribution is -0.388. The molecule has 3 rings (SSSR count). The van der Waals surface area contributed by atoms with Crippen LogP contribution in [-0.2, 0) is 13.5 Å². The molecule has 2 aromatic rings. The fraction of sp³-hybridized carbons (Fsp3) is 0.412. The first kappa shape index (κ1) is 16.2. The molecule has 0 bridgehead atoms. The summed E-state index contributed by atoms with van der Waals surface area (Å²) >= 11 is 0. The molecule has 7 heteroatoms. The van der Waals surface area contributed by atoms with E-state index in [2.05, 4.69) is 27.0 Å². The van der Waals surface area contributed by atoms with Gasteiger partial charge in [0, 0.05) is 26.6 Å². The van der Waals surface area contributed by atoms with Crippen LogP contribution in [0.3, 0.4) is 0 Å². The number of piperidine rings is 1. The maximum Gasteiger partial charge on any atom is 0.408 e. The minimum atomic E-state index is -0.477. The Morgan fingerprint density at radius 1 is 1.25 bits per heavy atom. The molecular weight excluding hydrogens is 306 g/mol. The summed E-state index contributed by atoms with van der Waals surface area (Å²) in [5.41, 5.74) is 1.15. The Labute approximate surface area is 140 Å². The second-order valence-electron chi connectivity index (χ2n) is 6.00. The highest BCUT2D eigenvalue weighted by Crippen LogP contribution is 2.26. The van der Waals surface area contributed by atoms with Crippen LogP contribution < -0.4 is 0 Å². The maximum atomic E-state index is 11.2. The van der Waals surface area contributed by atoms with Gasteiger partial charge >= 0.3 is 5.82 Å². The first-order chi connectivity index (χ1) is 11.6. The molecule has 0 radical (unpaired) electrons. The highest BCUT2D eigenvalue weighted by molar-refractivity contribution is 5.87. The van der Waals surface area contributed by atoms with Gasteiger partial charge in [-0.25, -0.2) is 4.99 Å². The molecule has 0 amide bonds. The molecule has 7 nitrogen and oxygen atoms in total. The van der Waals surface area contributed by atoms with Crippen LogP contribution in [0.25, 0.3) is 0 Å². The van der Waals surface area contributed by atoms with Gasteiger partial charge in [-0.3, -0.25) is 4.57 Å². The van der Waals surface area contributed by atoms with Crippen LogP contribution in [-0.4, -0.2) is 38.3 Å². The number of likely N-dealkylation sites (tertiary alicyclic amines) is 1. The number of aryl methyl sites for hydroxylation is 1. The molecule has 2 heterocycles. The zero-order valence-corrected chi connectivity index (χ0v) is 13.8. The average Bonchev–Trinajstić information content (AvgIpc) is 2.97. The molecule has 126 valence electrons. The molecule has 1 aromatic heterocycles. The van der Waals surface area contributed by atoms with Crippen molar-refractivity contribution in [2.75, 3.05) is 13.1 Å². The minimum absolute atomic E-state index is 0.194. The smallest absolute Gasteiger partial charge is 0.360 e. The summed E-state index contributed by atoms with van der Waals surface area (Å²) in [6.07, 6.45) is 5.57. The van der Waals surface area contributed by atoms with E-state index in [0.29, 0.717) is 12.2 Å². The van der Waals surface area contributed by atoms with Crippen molar-refractivity contribution in [2.45, 2.75) is 25.7 Å². The highest BCUT2D eigenvalue weighted by atomic mass is 16.6. The van der Waals surface area contributed by atoms with E-state index in [0.717, 1.165) is 37.3 Å². The Morgan fingerprint density at radius 3 is 2.62 bits per heavy atom. The first-order valence-electron chi connectivity index (χ1n) is 8.17. The van der Waals surface area contributed by atoms with E-state index >= 15 is 0 Å².